The molecule has 3 aromatic rings. The first kappa shape index (κ1) is 33.9. The molecule has 5 heterocycles. The van der Waals surface area contributed by atoms with Crippen molar-refractivity contribution in [2.75, 3.05) is 31.8 Å². The largest absolute Gasteiger partial charge is 0.491 e. The molecule has 2 aromatic heterocycles. The molecule has 0 spiro atoms. The van der Waals surface area contributed by atoms with Crippen molar-refractivity contribution in [2.45, 2.75) is 108 Å². The Morgan fingerprint density at radius 3 is 2.45 bits per heavy atom. The number of benzene rings is 1. The summed E-state index contributed by atoms with van der Waals surface area (Å²) in [6.45, 7) is 8.15. The summed E-state index contributed by atoms with van der Waals surface area (Å²) >= 11 is 1.32. The Morgan fingerprint density at radius 2 is 1.80 bits per heavy atom. The van der Waals surface area contributed by atoms with Crippen LogP contribution < -0.4 is 9.64 Å². The molecule has 49 heavy (non-hydrogen) atoms. The lowest BCUT2D eigenvalue weighted by molar-refractivity contribution is -0.166. The number of para-hydroxylation sites is 1. The number of aliphatic hydroxyl groups is 1. The molecule has 7 rings (SSSR count). The predicted molar refractivity (Wildman–Crippen MR) is 180 cm³/mol. The quantitative estimate of drug-likeness (QED) is 0.211. The van der Waals surface area contributed by atoms with Gasteiger partial charge in [-0.1, -0.05) is 29.5 Å². The Hall–Kier alpha value is -3.56. The number of anilines is 1. The SMILES string of the molecule is COCCOc1ccccc1[C@H](CN1c2sc(-n3nccn3)c(C)c2C(=O)N(C2(C(=O)OC(C)(C)C)CC2)C1O)O[C@@H]1C[C@H]2CC[C@@H](C1)O2. The molecule has 1 aromatic carbocycles. The number of nitrogens with zero attached hydrogens (tertiary/aromatic N) is 5. The maximum Gasteiger partial charge on any atom is 0.332 e. The number of carbonyl (C=O) groups is 2. The van der Waals surface area contributed by atoms with Crippen molar-refractivity contribution < 1.29 is 38.4 Å². The fourth-order valence-corrected chi connectivity index (χ4v) is 8.45. The van der Waals surface area contributed by atoms with Crippen LogP contribution in [-0.4, -0.2) is 99.5 Å². The Balaban J connectivity index is 1.30. The lowest BCUT2D eigenvalue weighted by atomic mass is 10.0. The van der Waals surface area contributed by atoms with Crippen molar-refractivity contribution in [3.63, 3.8) is 0 Å². The molecule has 1 N–H and O–H groups in total. The van der Waals surface area contributed by atoms with Gasteiger partial charge in [-0.3, -0.25) is 9.69 Å². The summed E-state index contributed by atoms with van der Waals surface area (Å²) in [6, 6.07) is 7.73. The highest BCUT2D eigenvalue weighted by atomic mass is 32.1. The van der Waals surface area contributed by atoms with Gasteiger partial charge in [-0.25, -0.2) is 4.79 Å². The van der Waals surface area contributed by atoms with Crippen molar-refractivity contribution in [1.29, 1.82) is 0 Å². The Labute approximate surface area is 290 Å². The summed E-state index contributed by atoms with van der Waals surface area (Å²) in [5.41, 5.74) is -0.206. The van der Waals surface area contributed by atoms with Gasteiger partial charge in [0.05, 0.1) is 49.4 Å². The molecule has 1 saturated carbocycles. The number of aliphatic hydroxyl groups excluding tert-OH is 1. The summed E-state index contributed by atoms with van der Waals surface area (Å²) < 4.78 is 30.4. The van der Waals surface area contributed by atoms with E-state index in [1.54, 1.807) is 45.2 Å². The van der Waals surface area contributed by atoms with E-state index in [0.717, 1.165) is 31.2 Å². The van der Waals surface area contributed by atoms with E-state index < -0.39 is 35.5 Å². The van der Waals surface area contributed by atoms with Gasteiger partial charge in [0.2, 0.25) is 6.35 Å². The van der Waals surface area contributed by atoms with Crippen molar-refractivity contribution in [3.8, 4) is 10.8 Å². The molecule has 1 amide bonds. The van der Waals surface area contributed by atoms with E-state index in [1.807, 2.05) is 31.2 Å². The molecule has 3 aliphatic heterocycles. The minimum atomic E-state index is -1.48. The standard InChI is InChI=1S/C35H45N5O8S/c1-21-28-29(41)39(35(12-13-35)32(42)48-34(2,3)4)33(43)38(31(28)49-30(21)40-36-14-15-37-40)20-27(47-24-18-22-10-11-23(19-24)46-22)25-8-6-7-9-26(25)45-17-16-44-5/h6-9,14-15,22-24,27,33,43H,10-13,16-20H2,1-5H3/t22-,23+,24-,27-,33?/m0/s1. The lowest BCUT2D eigenvalue weighted by Crippen LogP contribution is -2.63. The molecule has 1 aliphatic carbocycles. The van der Waals surface area contributed by atoms with E-state index in [2.05, 4.69) is 10.2 Å². The molecule has 3 fully saturated rings. The summed E-state index contributed by atoms with van der Waals surface area (Å²) in [5, 5.41) is 22.2. The van der Waals surface area contributed by atoms with Crippen molar-refractivity contribution in [3.05, 3.63) is 53.3 Å². The number of aromatic nitrogens is 3. The second kappa shape index (κ2) is 13.3. The van der Waals surface area contributed by atoms with E-state index in [4.69, 9.17) is 23.7 Å². The second-order valence-corrected chi connectivity index (χ2v) is 15.3. The monoisotopic (exact) mass is 695 g/mol. The molecule has 2 saturated heterocycles. The Kier molecular flexibility index (Phi) is 9.20. The van der Waals surface area contributed by atoms with Crippen LogP contribution in [0.15, 0.2) is 36.7 Å². The summed E-state index contributed by atoms with van der Waals surface area (Å²) in [6.07, 6.45) is 5.67. The number of esters is 1. The highest BCUT2D eigenvalue weighted by Crippen LogP contribution is 2.52. The van der Waals surface area contributed by atoms with Crippen LogP contribution in [0.3, 0.4) is 0 Å². The number of carbonyl (C=O) groups excluding carboxylic acids is 2. The smallest absolute Gasteiger partial charge is 0.332 e. The van der Waals surface area contributed by atoms with Crippen LogP contribution in [0.5, 0.6) is 5.75 Å². The van der Waals surface area contributed by atoms with E-state index in [0.29, 0.717) is 52.9 Å². The molecule has 5 atom stereocenters. The molecule has 14 heteroatoms. The molecule has 2 bridgehead atoms. The summed E-state index contributed by atoms with van der Waals surface area (Å²) in [5.74, 6) is -0.313. The number of hydrogen-bond donors (Lipinski definition) is 1. The molecular formula is C35H45N5O8S. The average Bonchev–Trinajstić information content (AvgIpc) is 3.33. The summed E-state index contributed by atoms with van der Waals surface area (Å²) in [4.78, 5) is 32.8. The second-order valence-electron chi connectivity index (χ2n) is 14.3. The van der Waals surface area contributed by atoms with Crippen molar-refractivity contribution >= 4 is 28.2 Å². The highest BCUT2D eigenvalue weighted by molar-refractivity contribution is 7.19. The first-order valence-corrected chi connectivity index (χ1v) is 17.8. The molecular weight excluding hydrogens is 650 g/mol. The Morgan fingerprint density at radius 1 is 1.10 bits per heavy atom. The lowest BCUT2D eigenvalue weighted by Gasteiger charge is -2.46. The van der Waals surface area contributed by atoms with Crippen LogP contribution in [0.2, 0.25) is 0 Å². The third-order valence-electron chi connectivity index (χ3n) is 9.65. The van der Waals surface area contributed by atoms with Gasteiger partial charge in [0.25, 0.3) is 5.91 Å². The zero-order valence-corrected chi connectivity index (χ0v) is 29.5. The van der Waals surface area contributed by atoms with Crippen LogP contribution in [0.25, 0.3) is 5.00 Å². The van der Waals surface area contributed by atoms with E-state index in [1.165, 1.54) is 21.0 Å². The zero-order valence-electron chi connectivity index (χ0n) is 28.7. The maximum atomic E-state index is 14.5. The number of rotatable bonds is 12. The number of ether oxygens (including phenoxy) is 5. The van der Waals surface area contributed by atoms with Crippen molar-refractivity contribution in [2.24, 2.45) is 0 Å². The minimum absolute atomic E-state index is 0.0761. The first-order chi connectivity index (χ1) is 23.5. The van der Waals surface area contributed by atoms with Gasteiger partial charge < -0.3 is 33.7 Å². The third kappa shape index (κ3) is 6.56. The fourth-order valence-electron chi connectivity index (χ4n) is 7.21. The Bertz CT molecular complexity index is 1660. The third-order valence-corrected chi connectivity index (χ3v) is 10.9. The van der Waals surface area contributed by atoms with Crippen LogP contribution in [-0.2, 0) is 23.7 Å². The number of amides is 1. The number of fused-ring (bicyclic) bond motifs is 3. The predicted octanol–water partition coefficient (Wildman–Crippen LogP) is 4.54. The zero-order chi connectivity index (χ0) is 34.5. The highest BCUT2D eigenvalue weighted by Gasteiger charge is 2.63. The van der Waals surface area contributed by atoms with Gasteiger partial charge in [-0.05, 0) is 72.3 Å². The maximum absolute atomic E-state index is 14.5. The van der Waals surface area contributed by atoms with Crippen LogP contribution in [0, 0.1) is 6.92 Å². The molecule has 0 radical (unpaired) electrons. The number of methoxy groups -OCH3 is 1. The average molecular weight is 696 g/mol. The normalized spacial score (nSPS) is 24.9. The number of thiophene rings is 1. The van der Waals surface area contributed by atoms with Gasteiger partial charge in [0.15, 0.2) is 0 Å². The van der Waals surface area contributed by atoms with Crippen LogP contribution in [0.4, 0.5) is 5.00 Å². The molecule has 1 unspecified atom stereocenters. The van der Waals surface area contributed by atoms with E-state index in [-0.39, 0.29) is 24.9 Å². The minimum Gasteiger partial charge on any atom is -0.491 e. The van der Waals surface area contributed by atoms with Crippen LogP contribution >= 0.6 is 11.3 Å². The van der Waals surface area contributed by atoms with Gasteiger partial charge in [-0.15, -0.1) is 4.80 Å². The van der Waals surface area contributed by atoms with E-state index in [9.17, 15) is 14.7 Å². The molecule has 4 aliphatic rings. The number of hydrogen-bond acceptors (Lipinski definition) is 12. The van der Waals surface area contributed by atoms with Crippen LogP contribution in [0.1, 0.15) is 86.9 Å². The van der Waals surface area contributed by atoms with Gasteiger partial charge in [-0.2, -0.15) is 10.2 Å². The molecule has 13 nitrogen and oxygen atoms in total. The topological polar surface area (TPSA) is 138 Å². The van der Waals surface area contributed by atoms with Gasteiger partial charge in [0, 0.05) is 18.2 Å². The van der Waals surface area contributed by atoms with Gasteiger partial charge in [0.1, 0.15) is 39.6 Å². The van der Waals surface area contributed by atoms with E-state index >= 15 is 0 Å². The fraction of sp³-hybridized carbons (Fsp3) is 0.600. The molecule has 264 valence electrons. The van der Waals surface area contributed by atoms with Crippen molar-refractivity contribution in [1.82, 2.24) is 19.9 Å². The first-order valence-electron chi connectivity index (χ1n) is 17.0. The summed E-state index contributed by atoms with van der Waals surface area (Å²) in [7, 11) is 1.63. The van der Waals surface area contributed by atoms with Gasteiger partial charge >= 0.3 is 5.97 Å².